The standard InChI is InChI=1S/C37H36N6O5.O3S/c1-3-43(29-11-14-31-32(22-29)36(46)41-40-35(31)45)18-5-4-17-38-34(44)28-8-6-7-25(21-28)24-42-19-15-27(16-20-42)37-39-23-33(48-37)26-9-12-30(47-2)13-10-26;1-4(2)3/h6-16,19-23,39H,3-5,17-18,24H2,1-2H3,(H,38,44);/p+1. The predicted molar refractivity (Wildman–Crippen MR) is 194 cm³/mol. The first-order chi connectivity index (χ1) is 25.1. The van der Waals surface area contributed by atoms with Gasteiger partial charge in [0.25, 0.3) is 17.0 Å². The molecule has 3 aromatic heterocycles. The Morgan fingerprint density at radius 3 is 2.31 bits per heavy atom. The van der Waals surface area contributed by atoms with Crippen molar-refractivity contribution >= 4 is 33.0 Å². The Bertz CT molecular complexity index is 2370. The molecule has 0 fully saturated rings. The van der Waals surface area contributed by atoms with Crippen molar-refractivity contribution < 1.29 is 31.1 Å². The lowest BCUT2D eigenvalue weighted by atomic mass is 10.1. The molecule has 1 amide bonds. The third-order valence-electron chi connectivity index (χ3n) is 8.24. The van der Waals surface area contributed by atoms with Gasteiger partial charge >= 0.3 is 10.6 Å². The number of amides is 1. The molecule has 0 saturated heterocycles. The van der Waals surface area contributed by atoms with Crippen molar-refractivity contribution in [3.05, 3.63) is 129 Å². The Balaban J connectivity index is 0.00000124. The number of nitrogens with one attached hydrogen (secondary N) is 3. The number of aromatic nitrogens is 4. The monoisotopic (exact) mass is 725 g/mol. The second-order valence-electron chi connectivity index (χ2n) is 11.6. The number of ether oxygens (including phenoxy) is 1. The molecule has 3 heterocycles. The number of H-pyrrole nitrogens is 2. The third kappa shape index (κ3) is 9.66. The second-order valence-corrected chi connectivity index (χ2v) is 12.0. The number of carbonyl (C=O) groups is 1. The van der Waals surface area contributed by atoms with E-state index in [1.807, 2.05) is 90.6 Å². The molecule has 6 aromatic rings. The summed E-state index contributed by atoms with van der Waals surface area (Å²) in [4.78, 5) is 43.8. The lowest BCUT2D eigenvalue weighted by Crippen LogP contribution is -2.33. The molecular formula is C37H37N6O8S+. The van der Waals surface area contributed by atoms with Crippen LogP contribution in [0.25, 0.3) is 33.6 Å². The smallest absolute Gasteiger partial charge is 0.425 e. The van der Waals surface area contributed by atoms with E-state index in [2.05, 4.69) is 25.4 Å². The molecule has 0 unspecified atom stereocenters. The van der Waals surface area contributed by atoms with Gasteiger partial charge in [-0.05, 0) is 74.4 Å². The van der Waals surface area contributed by atoms with Gasteiger partial charge in [0.2, 0.25) is 5.89 Å². The molecule has 6 rings (SSSR count). The Morgan fingerprint density at radius 1 is 0.904 bits per heavy atom. The van der Waals surface area contributed by atoms with E-state index in [0.717, 1.165) is 54.1 Å². The van der Waals surface area contributed by atoms with Gasteiger partial charge in [-0.3, -0.25) is 24.6 Å². The van der Waals surface area contributed by atoms with Crippen LogP contribution in [0, 0.1) is 0 Å². The van der Waals surface area contributed by atoms with Crippen LogP contribution in [-0.2, 0) is 17.2 Å². The minimum atomic E-state index is -3.11. The van der Waals surface area contributed by atoms with Crippen molar-refractivity contribution in [2.24, 2.45) is 0 Å². The van der Waals surface area contributed by atoms with Crippen LogP contribution < -0.4 is 30.6 Å². The Labute approximate surface area is 299 Å². The number of rotatable bonds is 13. The van der Waals surface area contributed by atoms with Gasteiger partial charge in [-0.2, -0.15) is 0 Å². The number of benzene rings is 3. The molecule has 3 N–H and O–H groups in total. The lowest BCUT2D eigenvalue weighted by molar-refractivity contribution is -0.688. The highest BCUT2D eigenvalue weighted by Gasteiger charge is 2.13. The number of nitrogens with zero attached hydrogens (tertiary/aromatic N) is 3. The predicted octanol–water partition coefficient (Wildman–Crippen LogP) is 3.92. The van der Waals surface area contributed by atoms with Gasteiger partial charge in [0.1, 0.15) is 5.75 Å². The molecule has 0 aliphatic rings. The van der Waals surface area contributed by atoms with E-state index in [1.165, 1.54) is 0 Å². The molecule has 268 valence electrons. The molecule has 15 heteroatoms. The van der Waals surface area contributed by atoms with E-state index >= 15 is 0 Å². The van der Waals surface area contributed by atoms with Gasteiger partial charge in [-0.15, -0.1) is 12.6 Å². The summed E-state index contributed by atoms with van der Waals surface area (Å²) in [5, 5.41) is 8.50. The number of hydrogen-bond acceptors (Lipinski definition) is 10. The number of hydrogen-bond donors (Lipinski definition) is 3. The van der Waals surface area contributed by atoms with E-state index in [1.54, 1.807) is 25.4 Å². The summed E-state index contributed by atoms with van der Waals surface area (Å²) in [6.45, 7) is 4.70. The zero-order chi connectivity index (χ0) is 37.0. The van der Waals surface area contributed by atoms with Crippen LogP contribution in [0.2, 0.25) is 0 Å². The summed E-state index contributed by atoms with van der Waals surface area (Å²) in [6.07, 6.45) is 7.30. The summed E-state index contributed by atoms with van der Waals surface area (Å²) < 4.78 is 38.6. The zero-order valence-electron chi connectivity index (χ0n) is 28.5. The van der Waals surface area contributed by atoms with Gasteiger partial charge in [-0.25, -0.2) is 9.55 Å². The van der Waals surface area contributed by atoms with E-state index in [4.69, 9.17) is 21.8 Å². The average molecular weight is 726 g/mol. The molecule has 52 heavy (non-hydrogen) atoms. The highest BCUT2D eigenvalue weighted by Crippen LogP contribution is 2.27. The van der Waals surface area contributed by atoms with Gasteiger partial charge < -0.3 is 19.4 Å². The van der Waals surface area contributed by atoms with Gasteiger partial charge in [0.15, 0.2) is 24.7 Å². The van der Waals surface area contributed by atoms with Crippen molar-refractivity contribution in [1.82, 2.24) is 20.5 Å². The van der Waals surface area contributed by atoms with E-state index in [9.17, 15) is 14.4 Å². The van der Waals surface area contributed by atoms with E-state index < -0.39 is 10.6 Å². The van der Waals surface area contributed by atoms with Crippen molar-refractivity contribution in [2.75, 3.05) is 31.6 Å². The number of aromatic amines is 2. The number of fused-ring (bicyclic) bond motifs is 1. The molecule has 14 nitrogen and oxygen atoms in total. The van der Waals surface area contributed by atoms with Gasteiger partial charge in [0, 0.05) is 59.7 Å². The van der Waals surface area contributed by atoms with E-state index in [-0.39, 0.29) is 17.0 Å². The van der Waals surface area contributed by atoms with Crippen molar-refractivity contribution in [2.45, 2.75) is 26.3 Å². The van der Waals surface area contributed by atoms with Crippen LogP contribution in [0.4, 0.5) is 5.69 Å². The molecule has 0 atom stereocenters. The number of carbonyl (C=O) groups excluding carboxylic acids is 1. The maximum absolute atomic E-state index is 12.9. The first kappa shape index (κ1) is 36.9. The fourth-order valence-electron chi connectivity index (χ4n) is 5.59. The van der Waals surface area contributed by atoms with Crippen LogP contribution in [0.15, 0.2) is 111 Å². The second kappa shape index (κ2) is 17.5. The molecule has 0 saturated carbocycles. The fourth-order valence-corrected chi connectivity index (χ4v) is 5.59. The number of methoxy groups -OCH3 is 1. The Hall–Kier alpha value is -6.35. The third-order valence-corrected chi connectivity index (χ3v) is 8.24. The number of anilines is 1. The number of oxazole rings is 1. The summed E-state index contributed by atoms with van der Waals surface area (Å²) in [6, 6.07) is 24.5. The Morgan fingerprint density at radius 2 is 1.62 bits per heavy atom. The summed E-state index contributed by atoms with van der Waals surface area (Å²) in [5.41, 5.74) is 3.64. The number of unbranched alkanes of at least 4 members (excludes halogenated alkanes) is 1. The van der Waals surface area contributed by atoms with E-state index in [0.29, 0.717) is 41.1 Å². The fraction of sp³-hybridized carbons (Fsp3) is 0.216. The number of pyridine rings is 1. The van der Waals surface area contributed by atoms with Gasteiger partial charge in [0.05, 0.1) is 24.1 Å². The molecular weight excluding hydrogens is 689 g/mol. The normalized spacial score (nSPS) is 10.7. The highest BCUT2D eigenvalue weighted by atomic mass is 32.2. The highest BCUT2D eigenvalue weighted by molar-refractivity contribution is 7.59. The first-order valence-electron chi connectivity index (χ1n) is 16.4. The summed E-state index contributed by atoms with van der Waals surface area (Å²) in [7, 11) is -1.48. The summed E-state index contributed by atoms with van der Waals surface area (Å²) in [5.74, 6) is 1.89. The molecule has 0 aliphatic carbocycles. The van der Waals surface area contributed by atoms with Crippen molar-refractivity contribution in [3.8, 4) is 28.5 Å². The maximum Gasteiger partial charge on any atom is 0.425 e. The largest absolute Gasteiger partial charge is 0.497 e. The van der Waals surface area contributed by atoms with Crippen LogP contribution in [0.3, 0.4) is 0 Å². The molecule has 0 spiro atoms. The quantitative estimate of drug-likeness (QED) is 0.116. The summed E-state index contributed by atoms with van der Waals surface area (Å²) >= 11 is 0. The minimum Gasteiger partial charge on any atom is -0.497 e. The molecule has 0 radical (unpaired) electrons. The molecule has 0 bridgehead atoms. The van der Waals surface area contributed by atoms with Crippen molar-refractivity contribution in [1.29, 1.82) is 0 Å². The SMILES string of the molecule is CCN(CCCCNC(=O)c1cccc(C[n+]2ccc(-c3ncc(-c4ccc(OC)cc4)o3)cc2)c1)c1ccc2c(=O)[nH][nH]c(=O)c2c1.O=S(=O)=O. The zero-order valence-corrected chi connectivity index (χ0v) is 29.3. The maximum atomic E-state index is 12.9. The minimum absolute atomic E-state index is 0.111. The van der Waals surface area contributed by atoms with Gasteiger partial charge in [-0.1, -0.05) is 12.1 Å². The molecule has 3 aromatic carbocycles. The van der Waals surface area contributed by atoms with Crippen LogP contribution in [0.5, 0.6) is 5.75 Å². The van der Waals surface area contributed by atoms with Crippen LogP contribution in [0.1, 0.15) is 35.7 Å². The lowest BCUT2D eigenvalue weighted by Gasteiger charge is -2.23. The van der Waals surface area contributed by atoms with Crippen LogP contribution >= 0.6 is 0 Å². The average Bonchev–Trinajstić information content (AvgIpc) is 3.65. The Kier molecular flexibility index (Phi) is 12.5. The topological polar surface area (TPSA) is 188 Å². The van der Waals surface area contributed by atoms with Crippen LogP contribution in [-0.4, -0.2) is 60.5 Å². The molecule has 0 aliphatic heterocycles. The van der Waals surface area contributed by atoms with Crippen molar-refractivity contribution in [3.63, 3.8) is 0 Å². The first-order valence-corrected chi connectivity index (χ1v) is 17.4.